The van der Waals surface area contributed by atoms with Gasteiger partial charge in [-0.15, -0.1) is 0 Å². The molecule has 1 aliphatic heterocycles. The van der Waals surface area contributed by atoms with Crippen molar-refractivity contribution in [2.24, 2.45) is 5.92 Å². The number of aliphatic carboxylic acids is 2. The molecule has 12 nitrogen and oxygen atoms in total. The van der Waals surface area contributed by atoms with Gasteiger partial charge in [0.15, 0.2) is 0 Å². The fourth-order valence-corrected chi connectivity index (χ4v) is 3.57. The number of nitrogens with zero attached hydrogens (tertiary/aromatic N) is 2. The van der Waals surface area contributed by atoms with Crippen LogP contribution in [0.15, 0.2) is 48.8 Å². The number of carbonyl (C=O) groups excluding carboxylic acids is 1. The van der Waals surface area contributed by atoms with Gasteiger partial charge in [-0.3, -0.25) is 9.89 Å². The number of halogens is 6. The Morgan fingerprint density at radius 2 is 1.65 bits per heavy atom. The molecule has 0 aliphatic carbocycles. The number of hydrogen-bond acceptors (Lipinski definition) is 8. The first-order valence-corrected chi connectivity index (χ1v) is 13.0. The molecule has 4 N–H and O–H groups in total. The molecule has 0 saturated carbocycles. The van der Waals surface area contributed by atoms with Crippen LogP contribution in [0.1, 0.15) is 5.56 Å². The highest BCUT2D eigenvalue weighted by molar-refractivity contribution is 5.95. The summed E-state index contributed by atoms with van der Waals surface area (Å²) < 4.78 is 80.6. The summed E-state index contributed by atoms with van der Waals surface area (Å²) in [5, 5.41) is 24.1. The summed E-state index contributed by atoms with van der Waals surface area (Å²) in [5.41, 5.74) is 3.51. The topological polar surface area (TPSA) is 163 Å². The van der Waals surface area contributed by atoms with E-state index in [2.05, 4.69) is 15.5 Å². The van der Waals surface area contributed by atoms with E-state index < -0.39 is 24.3 Å². The SMILES string of the molecule is COc1ccc2c(c1)CC(C(=O)Nc1ccc(-c3cn[nH]c3)cc1OCCN(C)C)CO2.O=C(O)C(F)(F)F.O=C(O)C(F)(F)F. The van der Waals surface area contributed by atoms with E-state index >= 15 is 0 Å². The van der Waals surface area contributed by atoms with E-state index in [0.29, 0.717) is 31.1 Å². The molecule has 18 heteroatoms. The molecule has 0 saturated heterocycles. The number of alkyl halides is 6. The van der Waals surface area contributed by atoms with Crippen LogP contribution in [-0.2, 0) is 20.8 Å². The van der Waals surface area contributed by atoms with E-state index in [1.54, 1.807) is 13.3 Å². The number of carboxylic acids is 2. The van der Waals surface area contributed by atoms with Crippen molar-refractivity contribution in [1.82, 2.24) is 15.1 Å². The number of H-pyrrole nitrogens is 1. The van der Waals surface area contributed by atoms with Crippen LogP contribution in [0.3, 0.4) is 0 Å². The molecule has 1 unspecified atom stereocenters. The van der Waals surface area contributed by atoms with Gasteiger partial charge in [0, 0.05) is 18.3 Å². The van der Waals surface area contributed by atoms with Gasteiger partial charge in [0.2, 0.25) is 5.91 Å². The molecular formula is C28H30F6N4O8. The number of nitrogens with one attached hydrogen (secondary N) is 2. The average Bonchev–Trinajstić information content (AvgIpc) is 3.52. The zero-order valence-corrected chi connectivity index (χ0v) is 24.5. The van der Waals surface area contributed by atoms with Crippen LogP contribution in [0.5, 0.6) is 17.2 Å². The van der Waals surface area contributed by atoms with Crippen LogP contribution >= 0.6 is 0 Å². The van der Waals surface area contributed by atoms with Gasteiger partial charge < -0.3 is 34.6 Å². The number of anilines is 1. The highest BCUT2D eigenvalue weighted by Gasteiger charge is 2.39. The number of methoxy groups -OCH3 is 1. The summed E-state index contributed by atoms with van der Waals surface area (Å²) in [6, 6.07) is 11.4. The summed E-state index contributed by atoms with van der Waals surface area (Å²) in [4.78, 5) is 32.9. The van der Waals surface area contributed by atoms with Gasteiger partial charge in [-0.1, -0.05) is 6.07 Å². The Bertz CT molecular complexity index is 1440. The number of benzene rings is 2. The van der Waals surface area contributed by atoms with Crippen molar-refractivity contribution in [2.75, 3.05) is 46.3 Å². The van der Waals surface area contributed by atoms with Crippen LogP contribution in [0.4, 0.5) is 32.0 Å². The Balaban J connectivity index is 0.000000440. The van der Waals surface area contributed by atoms with E-state index in [-0.39, 0.29) is 11.8 Å². The van der Waals surface area contributed by atoms with Gasteiger partial charge in [-0.25, -0.2) is 9.59 Å². The lowest BCUT2D eigenvalue weighted by Crippen LogP contribution is -2.32. The van der Waals surface area contributed by atoms with Gasteiger partial charge in [0.05, 0.1) is 24.9 Å². The minimum absolute atomic E-state index is 0.105. The van der Waals surface area contributed by atoms with Crippen LogP contribution in [0.25, 0.3) is 11.1 Å². The number of amides is 1. The predicted octanol–water partition coefficient (Wildman–Crippen LogP) is 4.48. The third kappa shape index (κ3) is 11.8. The lowest BCUT2D eigenvalue weighted by Gasteiger charge is -2.25. The number of hydrogen-bond donors (Lipinski definition) is 4. The Hall–Kier alpha value is -5.00. The summed E-state index contributed by atoms with van der Waals surface area (Å²) in [6.07, 6.45) is -6.01. The minimum Gasteiger partial charge on any atom is -0.497 e. The molecule has 1 amide bonds. The molecule has 3 aromatic rings. The van der Waals surface area contributed by atoms with Gasteiger partial charge in [-0.05, 0) is 62.0 Å². The summed E-state index contributed by atoms with van der Waals surface area (Å²) in [6.45, 7) is 1.60. The largest absolute Gasteiger partial charge is 0.497 e. The Morgan fingerprint density at radius 3 is 2.17 bits per heavy atom. The van der Waals surface area contributed by atoms with Gasteiger partial charge in [0.25, 0.3) is 0 Å². The van der Waals surface area contributed by atoms with Crippen LogP contribution in [-0.4, -0.2) is 96.5 Å². The van der Waals surface area contributed by atoms with Crippen molar-refractivity contribution < 1.29 is 65.1 Å². The zero-order chi connectivity index (χ0) is 34.7. The van der Waals surface area contributed by atoms with Crippen molar-refractivity contribution in [3.8, 4) is 28.4 Å². The van der Waals surface area contributed by atoms with Gasteiger partial charge in [-0.2, -0.15) is 31.4 Å². The normalized spacial score (nSPS) is 13.9. The first-order chi connectivity index (χ1) is 21.4. The number of carboxylic acid groups (broad SMARTS) is 2. The Labute approximate surface area is 257 Å². The molecule has 252 valence electrons. The predicted molar refractivity (Wildman–Crippen MR) is 150 cm³/mol. The lowest BCUT2D eigenvalue weighted by molar-refractivity contribution is -0.193. The van der Waals surface area contributed by atoms with Crippen LogP contribution in [0, 0.1) is 5.92 Å². The zero-order valence-electron chi connectivity index (χ0n) is 24.5. The van der Waals surface area contributed by atoms with Gasteiger partial charge in [0.1, 0.15) is 30.5 Å². The minimum atomic E-state index is -5.08. The molecule has 4 rings (SSSR count). The van der Waals surface area contributed by atoms with E-state index in [1.165, 1.54) is 0 Å². The quantitative estimate of drug-likeness (QED) is 0.253. The van der Waals surface area contributed by atoms with Crippen LogP contribution < -0.4 is 19.5 Å². The molecule has 1 aliphatic rings. The first kappa shape index (κ1) is 37.2. The summed E-state index contributed by atoms with van der Waals surface area (Å²) >= 11 is 0. The van der Waals surface area contributed by atoms with Crippen molar-refractivity contribution in [3.63, 3.8) is 0 Å². The smallest absolute Gasteiger partial charge is 0.490 e. The highest BCUT2D eigenvalue weighted by Crippen LogP contribution is 2.34. The fraction of sp³-hybridized carbons (Fsp3) is 0.357. The van der Waals surface area contributed by atoms with E-state index in [9.17, 15) is 31.1 Å². The van der Waals surface area contributed by atoms with Gasteiger partial charge >= 0.3 is 24.3 Å². The molecule has 2 heterocycles. The van der Waals surface area contributed by atoms with E-state index in [4.69, 9.17) is 34.0 Å². The van der Waals surface area contributed by atoms with E-state index in [1.807, 2.05) is 61.6 Å². The molecule has 0 spiro atoms. The molecular weight excluding hydrogens is 634 g/mol. The second-order valence-electron chi connectivity index (χ2n) is 9.63. The van der Waals surface area contributed by atoms with E-state index in [0.717, 1.165) is 34.7 Å². The van der Waals surface area contributed by atoms with Crippen molar-refractivity contribution in [1.29, 1.82) is 0 Å². The van der Waals surface area contributed by atoms with Crippen molar-refractivity contribution in [2.45, 2.75) is 18.8 Å². The number of rotatable bonds is 8. The molecule has 1 aromatic heterocycles. The molecule has 0 fully saturated rings. The maximum atomic E-state index is 13.1. The number of carbonyl (C=O) groups is 3. The maximum absolute atomic E-state index is 13.1. The van der Waals surface area contributed by atoms with Crippen LogP contribution in [0.2, 0.25) is 0 Å². The third-order valence-electron chi connectivity index (χ3n) is 5.90. The molecule has 0 radical (unpaired) electrons. The second kappa shape index (κ2) is 16.4. The fourth-order valence-electron chi connectivity index (χ4n) is 3.57. The third-order valence-corrected chi connectivity index (χ3v) is 5.90. The first-order valence-electron chi connectivity index (χ1n) is 13.0. The Morgan fingerprint density at radius 1 is 1.02 bits per heavy atom. The average molecular weight is 665 g/mol. The molecule has 46 heavy (non-hydrogen) atoms. The lowest BCUT2D eigenvalue weighted by atomic mass is 9.95. The molecule has 0 bridgehead atoms. The number of fused-ring (bicyclic) bond motifs is 1. The van der Waals surface area contributed by atoms with Crippen molar-refractivity contribution in [3.05, 3.63) is 54.4 Å². The number of likely N-dealkylation sites (N-methyl/N-ethyl adjacent to an activating group) is 1. The highest BCUT2D eigenvalue weighted by atomic mass is 19.4. The number of ether oxygens (including phenoxy) is 3. The molecule has 2 aromatic carbocycles. The summed E-state index contributed by atoms with van der Waals surface area (Å²) in [7, 11) is 5.61. The number of aromatic nitrogens is 2. The van der Waals surface area contributed by atoms with Crippen molar-refractivity contribution >= 4 is 23.5 Å². The number of aromatic amines is 1. The monoisotopic (exact) mass is 664 g/mol. The standard InChI is InChI=1S/C24H28N4O4.2C2HF3O2/c1-28(2)8-9-31-23-12-16(19-13-25-26-14-19)4-6-21(23)27-24(29)18-10-17-11-20(30-3)5-7-22(17)32-15-18;2*3-2(4,5)1(6)7/h4-7,11-14,18H,8-10,15H2,1-3H3,(H,25,26)(H,27,29);2*(H,6,7). The summed E-state index contributed by atoms with van der Waals surface area (Å²) in [5.74, 6) is -3.76. The Kier molecular flexibility index (Phi) is 13.2. The second-order valence-corrected chi connectivity index (χ2v) is 9.63. The maximum Gasteiger partial charge on any atom is 0.490 e. The molecule has 1 atom stereocenters.